The Morgan fingerprint density at radius 1 is 1.43 bits per heavy atom. The summed E-state index contributed by atoms with van der Waals surface area (Å²) < 4.78 is 5.43. The number of hydrogen-bond acceptors (Lipinski definition) is 3. The third-order valence-electron chi connectivity index (χ3n) is 1.57. The fourth-order valence-electron chi connectivity index (χ4n) is 0.933. The molecule has 4 heteroatoms. The zero-order valence-electron chi connectivity index (χ0n) is 7.57. The molecule has 1 rings (SSSR count). The van der Waals surface area contributed by atoms with Gasteiger partial charge in [0.2, 0.25) is 0 Å². The van der Waals surface area contributed by atoms with E-state index in [4.69, 9.17) is 16.3 Å². The van der Waals surface area contributed by atoms with E-state index in [0.29, 0.717) is 23.9 Å². The van der Waals surface area contributed by atoms with Gasteiger partial charge in [0.05, 0.1) is 23.3 Å². The van der Waals surface area contributed by atoms with E-state index < -0.39 is 0 Å². The molecule has 0 aliphatic rings. The Morgan fingerprint density at radius 3 is 2.93 bits per heavy atom. The molecule has 2 nitrogen and oxygen atoms in total. The minimum Gasteiger partial charge on any atom is -0.492 e. The van der Waals surface area contributed by atoms with Crippen molar-refractivity contribution in [3.05, 3.63) is 29.3 Å². The summed E-state index contributed by atoms with van der Waals surface area (Å²) in [5, 5.41) is 2.93. The largest absolute Gasteiger partial charge is 0.492 e. The number of nitrogens with zero attached hydrogens (tertiary/aromatic N) is 1. The minimum absolute atomic E-state index is 0.588. The van der Waals surface area contributed by atoms with Gasteiger partial charge in [0, 0.05) is 6.42 Å². The van der Waals surface area contributed by atoms with Crippen LogP contribution in [-0.4, -0.2) is 18.3 Å². The zero-order valence-corrected chi connectivity index (χ0v) is 9.14. The van der Waals surface area contributed by atoms with Crippen molar-refractivity contribution in [2.75, 3.05) is 13.2 Å². The van der Waals surface area contributed by atoms with E-state index in [9.17, 15) is 0 Å². The van der Waals surface area contributed by atoms with Crippen molar-refractivity contribution in [1.82, 2.24) is 0 Å². The molecule has 0 spiro atoms. The first-order valence-electron chi connectivity index (χ1n) is 4.25. The summed E-state index contributed by atoms with van der Waals surface area (Å²) >= 11 is 10.3. The van der Waals surface area contributed by atoms with Gasteiger partial charge in [-0.1, -0.05) is 23.7 Å². The SMILES string of the molecule is S=C=NCCCOc1ccccc1Cl. The molecule has 1 aromatic rings. The van der Waals surface area contributed by atoms with E-state index in [1.807, 2.05) is 18.2 Å². The molecule has 74 valence electrons. The summed E-state index contributed by atoms with van der Waals surface area (Å²) in [6.07, 6.45) is 0.814. The van der Waals surface area contributed by atoms with Gasteiger partial charge in [0.1, 0.15) is 5.75 Å². The van der Waals surface area contributed by atoms with Gasteiger partial charge in [0.15, 0.2) is 0 Å². The molecule has 0 radical (unpaired) electrons. The number of thiocarbonyl (C=S) groups is 1. The Labute approximate surface area is 93.6 Å². The lowest BCUT2D eigenvalue weighted by atomic mass is 10.3. The molecule has 0 aliphatic carbocycles. The number of benzene rings is 1. The van der Waals surface area contributed by atoms with Crippen LogP contribution in [0.5, 0.6) is 5.75 Å². The molecule has 1 aromatic carbocycles. The summed E-state index contributed by atoms with van der Waals surface area (Å²) in [6, 6.07) is 7.39. The molecular formula is C10H10ClNOS. The molecule has 0 N–H and O–H groups in total. The van der Waals surface area contributed by atoms with Crippen molar-refractivity contribution in [3.63, 3.8) is 0 Å². The van der Waals surface area contributed by atoms with Crippen molar-refractivity contribution in [3.8, 4) is 5.75 Å². The molecule has 0 atom stereocenters. The normalized spacial score (nSPS) is 9.21. The maximum atomic E-state index is 5.89. The molecular weight excluding hydrogens is 218 g/mol. The second-order valence-electron chi connectivity index (χ2n) is 2.61. The second kappa shape index (κ2) is 6.55. The van der Waals surface area contributed by atoms with Crippen LogP contribution in [0.2, 0.25) is 5.02 Å². The van der Waals surface area contributed by atoms with E-state index in [0.717, 1.165) is 6.42 Å². The Kier molecular flexibility index (Phi) is 5.23. The summed E-state index contributed by atoms with van der Waals surface area (Å²) in [6.45, 7) is 1.23. The quantitative estimate of drug-likeness (QED) is 0.438. The number of ether oxygens (including phenoxy) is 1. The topological polar surface area (TPSA) is 21.6 Å². The third-order valence-corrected chi connectivity index (χ3v) is 2.01. The summed E-state index contributed by atoms with van der Waals surface area (Å²) in [4.78, 5) is 3.78. The van der Waals surface area contributed by atoms with Crippen molar-refractivity contribution in [1.29, 1.82) is 0 Å². The van der Waals surface area contributed by atoms with Crippen LogP contribution in [0.1, 0.15) is 6.42 Å². The van der Waals surface area contributed by atoms with Gasteiger partial charge >= 0.3 is 0 Å². The lowest BCUT2D eigenvalue weighted by Gasteiger charge is -2.05. The van der Waals surface area contributed by atoms with Crippen molar-refractivity contribution < 1.29 is 4.74 Å². The predicted molar refractivity (Wildman–Crippen MR) is 61.5 cm³/mol. The van der Waals surface area contributed by atoms with Gasteiger partial charge in [-0.15, -0.1) is 0 Å². The van der Waals surface area contributed by atoms with E-state index in [1.165, 1.54) is 0 Å². The van der Waals surface area contributed by atoms with Crippen LogP contribution in [0.4, 0.5) is 0 Å². The van der Waals surface area contributed by atoms with Gasteiger partial charge in [-0.2, -0.15) is 0 Å². The smallest absolute Gasteiger partial charge is 0.137 e. The Balaban J connectivity index is 2.31. The lowest BCUT2D eigenvalue weighted by Crippen LogP contribution is -1.99. The van der Waals surface area contributed by atoms with Crippen molar-refractivity contribution in [2.24, 2.45) is 4.99 Å². The van der Waals surface area contributed by atoms with Crippen molar-refractivity contribution >= 4 is 29.0 Å². The van der Waals surface area contributed by atoms with E-state index >= 15 is 0 Å². The Morgan fingerprint density at radius 2 is 2.21 bits per heavy atom. The van der Waals surface area contributed by atoms with Crippen LogP contribution < -0.4 is 4.74 Å². The third kappa shape index (κ3) is 3.88. The highest BCUT2D eigenvalue weighted by molar-refractivity contribution is 7.78. The van der Waals surface area contributed by atoms with Crippen LogP contribution in [0, 0.1) is 0 Å². The fourth-order valence-corrected chi connectivity index (χ4v) is 1.21. The molecule has 0 aliphatic heterocycles. The molecule has 14 heavy (non-hydrogen) atoms. The molecule has 0 aromatic heterocycles. The second-order valence-corrected chi connectivity index (χ2v) is 3.20. The van der Waals surface area contributed by atoms with E-state index in [1.54, 1.807) is 6.07 Å². The highest BCUT2D eigenvalue weighted by Gasteiger charge is 1.97. The lowest BCUT2D eigenvalue weighted by molar-refractivity contribution is 0.314. The minimum atomic E-state index is 0.588. The summed E-state index contributed by atoms with van der Waals surface area (Å²) in [5.74, 6) is 0.709. The maximum absolute atomic E-state index is 5.89. The van der Waals surface area contributed by atoms with Gasteiger partial charge in [-0.25, -0.2) is 4.99 Å². The fraction of sp³-hybridized carbons (Fsp3) is 0.300. The standard InChI is InChI=1S/C10H10ClNOS/c11-9-4-1-2-5-10(9)13-7-3-6-12-8-14/h1-2,4-5H,3,6-7H2. The molecule has 0 saturated heterocycles. The molecule has 0 saturated carbocycles. The van der Waals surface area contributed by atoms with E-state index in [-0.39, 0.29) is 0 Å². The monoisotopic (exact) mass is 227 g/mol. The maximum Gasteiger partial charge on any atom is 0.137 e. The summed E-state index contributed by atoms with van der Waals surface area (Å²) in [5.41, 5.74) is 0. The number of aliphatic imine (C=N–C) groups is 1. The number of rotatable bonds is 5. The van der Waals surface area contributed by atoms with Crippen LogP contribution in [-0.2, 0) is 0 Å². The molecule has 0 bridgehead atoms. The van der Waals surface area contributed by atoms with Gasteiger partial charge < -0.3 is 4.74 Å². The first-order valence-corrected chi connectivity index (χ1v) is 5.04. The molecule has 0 amide bonds. The predicted octanol–water partition coefficient (Wildman–Crippen LogP) is 3.21. The zero-order chi connectivity index (χ0) is 10.2. The highest BCUT2D eigenvalue weighted by Crippen LogP contribution is 2.22. The number of isothiocyanates is 1. The molecule has 0 fully saturated rings. The average molecular weight is 228 g/mol. The van der Waals surface area contributed by atoms with Gasteiger partial charge in [-0.05, 0) is 24.4 Å². The first-order chi connectivity index (χ1) is 6.84. The van der Waals surface area contributed by atoms with Crippen LogP contribution in [0.15, 0.2) is 29.3 Å². The number of hydrogen-bond donors (Lipinski definition) is 0. The van der Waals surface area contributed by atoms with Crippen LogP contribution >= 0.6 is 23.8 Å². The first kappa shape index (κ1) is 11.2. The average Bonchev–Trinajstić information content (AvgIpc) is 2.20. The summed E-state index contributed by atoms with van der Waals surface area (Å²) in [7, 11) is 0. The van der Waals surface area contributed by atoms with Gasteiger partial charge in [0.25, 0.3) is 0 Å². The Hall–Kier alpha value is -0.890. The van der Waals surface area contributed by atoms with Crippen LogP contribution in [0.3, 0.4) is 0 Å². The molecule has 0 heterocycles. The van der Waals surface area contributed by atoms with Gasteiger partial charge in [-0.3, -0.25) is 0 Å². The highest BCUT2D eigenvalue weighted by atomic mass is 35.5. The van der Waals surface area contributed by atoms with E-state index in [2.05, 4.69) is 22.4 Å². The number of para-hydroxylation sites is 1. The Bertz CT molecular complexity index is 337. The van der Waals surface area contributed by atoms with Crippen molar-refractivity contribution in [2.45, 2.75) is 6.42 Å². The molecule has 0 unspecified atom stereocenters. The van der Waals surface area contributed by atoms with Crippen LogP contribution in [0.25, 0.3) is 0 Å². The number of halogens is 1.